The van der Waals surface area contributed by atoms with E-state index in [0.29, 0.717) is 0 Å². The smallest absolute Gasteiger partial charge is 0.274 e. The first kappa shape index (κ1) is 12.9. The number of amides is 1. The van der Waals surface area contributed by atoms with Gasteiger partial charge in [0.05, 0.1) is 23.8 Å². The van der Waals surface area contributed by atoms with Crippen LogP contribution in [-0.2, 0) is 0 Å². The molecule has 6 heteroatoms. The summed E-state index contributed by atoms with van der Waals surface area (Å²) in [7, 11) is 0. The Kier molecular flexibility index (Phi) is 4.02. The van der Waals surface area contributed by atoms with Crippen molar-refractivity contribution < 1.29 is 9.18 Å². The van der Waals surface area contributed by atoms with E-state index < -0.39 is 11.7 Å². The largest absolute Gasteiger partial charge is 0.384 e. The topological polar surface area (TPSA) is 66.9 Å². The van der Waals surface area contributed by atoms with Gasteiger partial charge in [-0.15, -0.1) is 0 Å². The average molecular weight is 260 g/mol. The molecule has 2 aromatic heterocycles. The molecule has 2 N–H and O–H groups in total. The Balaban J connectivity index is 2.10. The van der Waals surface area contributed by atoms with Crippen molar-refractivity contribution in [3.63, 3.8) is 0 Å². The molecule has 0 spiro atoms. The molecular formula is C13H13FN4O. The van der Waals surface area contributed by atoms with Gasteiger partial charge in [0.15, 0.2) is 5.82 Å². The summed E-state index contributed by atoms with van der Waals surface area (Å²) in [5.74, 6) is -1.05. The fourth-order valence-corrected chi connectivity index (χ4v) is 1.50. The van der Waals surface area contributed by atoms with Crippen molar-refractivity contribution in [3.05, 3.63) is 48.3 Å². The van der Waals surface area contributed by atoms with Crippen molar-refractivity contribution in [2.45, 2.75) is 6.92 Å². The van der Waals surface area contributed by atoms with Gasteiger partial charge < -0.3 is 10.6 Å². The molecule has 19 heavy (non-hydrogen) atoms. The van der Waals surface area contributed by atoms with E-state index in [2.05, 4.69) is 20.6 Å². The number of rotatable bonds is 4. The predicted molar refractivity (Wildman–Crippen MR) is 70.5 cm³/mol. The van der Waals surface area contributed by atoms with Gasteiger partial charge in [0.25, 0.3) is 5.91 Å². The van der Waals surface area contributed by atoms with Crippen molar-refractivity contribution in [2.75, 3.05) is 17.2 Å². The second-order valence-corrected chi connectivity index (χ2v) is 3.77. The number of carbonyl (C=O) groups excluding carboxylic acids is 1. The standard InChI is InChI=1S/C13H13FN4O/c1-2-16-9-3-4-12(17-7-9)13(19)18-11-5-6-15-8-10(11)14/h3-8,16H,2H2,1H3,(H,15,18,19). The van der Waals surface area contributed by atoms with Gasteiger partial charge in [-0.3, -0.25) is 9.78 Å². The van der Waals surface area contributed by atoms with Crippen molar-refractivity contribution in [1.29, 1.82) is 0 Å². The van der Waals surface area contributed by atoms with E-state index in [9.17, 15) is 9.18 Å². The van der Waals surface area contributed by atoms with Crippen molar-refractivity contribution >= 4 is 17.3 Å². The van der Waals surface area contributed by atoms with Gasteiger partial charge in [0.2, 0.25) is 0 Å². The second-order valence-electron chi connectivity index (χ2n) is 3.77. The molecule has 98 valence electrons. The Morgan fingerprint density at radius 1 is 1.32 bits per heavy atom. The number of carbonyl (C=O) groups is 1. The average Bonchev–Trinajstić information content (AvgIpc) is 2.42. The van der Waals surface area contributed by atoms with Crippen molar-refractivity contribution in [2.24, 2.45) is 0 Å². The summed E-state index contributed by atoms with van der Waals surface area (Å²) in [6.07, 6.45) is 4.00. The van der Waals surface area contributed by atoms with Gasteiger partial charge >= 0.3 is 0 Å². The minimum atomic E-state index is -0.583. The Labute approximate surface area is 109 Å². The summed E-state index contributed by atoms with van der Waals surface area (Å²) < 4.78 is 13.3. The Morgan fingerprint density at radius 3 is 2.79 bits per heavy atom. The van der Waals surface area contributed by atoms with Gasteiger partial charge in [-0.1, -0.05) is 0 Å². The normalized spacial score (nSPS) is 10.0. The zero-order valence-corrected chi connectivity index (χ0v) is 10.4. The molecule has 5 nitrogen and oxygen atoms in total. The molecule has 1 amide bonds. The lowest BCUT2D eigenvalue weighted by Crippen LogP contribution is -2.14. The summed E-state index contributed by atoms with van der Waals surface area (Å²) in [4.78, 5) is 19.5. The van der Waals surface area contributed by atoms with Gasteiger partial charge in [0, 0.05) is 12.7 Å². The number of pyridine rings is 2. The van der Waals surface area contributed by atoms with Crippen LogP contribution in [0, 0.1) is 5.82 Å². The molecule has 0 atom stereocenters. The van der Waals surface area contributed by atoms with Gasteiger partial charge in [-0.25, -0.2) is 9.37 Å². The molecule has 0 unspecified atom stereocenters. The van der Waals surface area contributed by atoms with E-state index in [1.807, 2.05) is 6.92 Å². The van der Waals surface area contributed by atoms with Gasteiger partial charge in [-0.2, -0.15) is 0 Å². The van der Waals surface area contributed by atoms with Crippen LogP contribution in [0.2, 0.25) is 0 Å². The highest BCUT2D eigenvalue weighted by atomic mass is 19.1. The molecular weight excluding hydrogens is 247 g/mol. The number of nitrogens with zero attached hydrogens (tertiary/aromatic N) is 2. The summed E-state index contributed by atoms with van der Waals surface area (Å²) >= 11 is 0. The highest BCUT2D eigenvalue weighted by molar-refractivity contribution is 6.02. The highest BCUT2D eigenvalue weighted by Gasteiger charge is 2.10. The van der Waals surface area contributed by atoms with Crippen LogP contribution in [0.5, 0.6) is 0 Å². The van der Waals surface area contributed by atoms with E-state index >= 15 is 0 Å². The number of anilines is 2. The summed E-state index contributed by atoms with van der Waals surface area (Å²) in [6.45, 7) is 2.74. The van der Waals surface area contributed by atoms with Crippen LogP contribution >= 0.6 is 0 Å². The van der Waals surface area contributed by atoms with Crippen LogP contribution in [-0.4, -0.2) is 22.4 Å². The third-order valence-electron chi connectivity index (χ3n) is 2.40. The monoisotopic (exact) mass is 260 g/mol. The summed E-state index contributed by atoms with van der Waals surface area (Å²) in [6, 6.07) is 4.71. The molecule has 0 bridgehead atoms. The third kappa shape index (κ3) is 3.25. The lowest BCUT2D eigenvalue weighted by Gasteiger charge is -2.06. The number of hydrogen-bond acceptors (Lipinski definition) is 4. The maximum atomic E-state index is 13.3. The van der Waals surface area contributed by atoms with Crippen molar-refractivity contribution in [3.8, 4) is 0 Å². The SMILES string of the molecule is CCNc1ccc(C(=O)Nc2ccncc2F)nc1. The first-order chi connectivity index (χ1) is 9.20. The quantitative estimate of drug-likeness (QED) is 0.885. The van der Waals surface area contributed by atoms with E-state index in [1.54, 1.807) is 18.3 Å². The molecule has 0 radical (unpaired) electrons. The molecule has 0 aliphatic heterocycles. The Morgan fingerprint density at radius 2 is 2.16 bits per heavy atom. The van der Waals surface area contributed by atoms with Gasteiger partial charge in [-0.05, 0) is 25.1 Å². The van der Waals surface area contributed by atoms with Crippen LogP contribution < -0.4 is 10.6 Å². The maximum Gasteiger partial charge on any atom is 0.274 e. The lowest BCUT2D eigenvalue weighted by atomic mass is 10.3. The lowest BCUT2D eigenvalue weighted by molar-refractivity contribution is 0.102. The first-order valence-electron chi connectivity index (χ1n) is 5.81. The Hall–Kier alpha value is -2.50. The molecule has 0 fully saturated rings. The third-order valence-corrected chi connectivity index (χ3v) is 2.40. The number of hydrogen-bond donors (Lipinski definition) is 2. The van der Waals surface area contributed by atoms with E-state index in [0.717, 1.165) is 18.4 Å². The van der Waals surface area contributed by atoms with E-state index in [-0.39, 0.29) is 11.4 Å². The molecule has 0 aliphatic carbocycles. The molecule has 0 aliphatic rings. The molecule has 0 aromatic carbocycles. The summed E-state index contributed by atoms with van der Waals surface area (Å²) in [5.41, 5.74) is 1.13. The van der Waals surface area contributed by atoms with E-state index in [1.165, 1.54) is 12.3 Å². The van der Waals surface area contributed by atoms with Crippen LogP contribution in [0.1, 0.15) is 17.4 Å². The minimum Gasteiger partial charge on any atom is -0.384 e. The molecule has 0 saturated heterocycles. The van der Waals surface area contributed by atoms with Gasteiger partial charge in [0.1, 0.15) is 5.69 Å². The zero-order valence-electron chi connectivity index (χ0n) is 10.4. The highest BCUT2D eigenvalue weighted by Crippen LogP contribution is 2.13. The molecule has 2 rings (SSSR count). The molecule has 2 aromatic rings. The first-order valence-corrected chi connectivity index (χ1v) is 5.81. The minimum absolute atomic E-state index is 0.0811. The van der Waals surface area contributed by atoms with Crippen LogP contribution in [0.15, 0.2) is 36.8 Å². The molecule has 0 saturated carbocycles. The van der Waals surface area contributed by atoms with Crippen LogP contribution in [0.4, 0.5) is 15.8 Å². The van der Waals surface area contributed by atoms with E-state index in [4.69, 9.17) is 0 Å². The maximum absolute atomic E-state index is 13.3. The van der Waals surface area contributed by atoms with Crippen LogP contribution in [0.3, 0.4) is 0 Å². The van der Waals surface area contributed by atoms with Crippen molar-refractivity contribution in [1.82, 2.24) is 9.97 Å². The molecule has 2 heterocycles. The number of halogens is 1. The fraction of sp³-hybridized carbons (Fsp3) is 0.154. The predicted octanol–water partition coefficient (Wildman–Crippen LogP) is 2.30. The second kappa shape index (κ2) is 5.90. The Bertz CT molecular complexity index is 571. The summed E-state index contributed by atoms with van der Waals surface area (Å²) in [5, 5.41) is 5.51. The zero-order chi connectivity index (χ0) is 13.7. The van der Waals surface area contributed by atoms with Crippen LogP contribution in [0.25, 0.3) is 0 Å². The number of nitrogens with one attached hydrogen (secondary N) is 2. The number of aromatic nitrogens is 2. The fourth-order valence-electron chi connectivity index (χ4n) is 1.50.